The van der Waals surface area contributed by atoms with Crippen molar-refractivity contribution in [2.75, 3.05) is 23.9 Å². The molecule has 32 heavy (non-hydrogen) atoms. The smallest absolute Gasteiger partial charge is 0.337 e. The van der Waals surface area contributed by atoms with Gasteiger partial charge in [0.25, 0.3) is 0 Å². The van der Waals surface area contributed by atoms with Crippen molar-refractivity contribution in [2.45, 2.75) is 20.0 Å². The maximum atomic E-state index is 12.6. The number of ether oxygens (including phenoxy) is 1. The highest BCUT2D eigenvalue weighted by atomic mass is 16.5. The van der Waals surface area contributed by atoms with Crippen LogP contribution in [-0.2, 0) is 22.6 Å². The summed E-state index contributed by atoms with van der Waals surface area (Å²) in [6.07, 6.45) is 0. The van der Waals surface area contributed by atoms with Gasteiger partial charge in [0.2, 0.25) is 11.9 Å². The summed E-state index contributed by atoms with van der Waals surface area (Å²) >= 11 is 0. The number of esters is 1. The molecule has 0 fully saturated rings. The van der Waals surface area contributed by atoms with Crippen LogP contribution in [0.4, 0.5) is 17.3 Å². The van der Waals surface area contributed by atoms with Gasteiger partial charge in [-0.3, -0.25) is 19.0 Å². The fraction of sp³-hybridized carbons (Fsp3) is 0.227. The van der Waals surface area contributed by atoms with Crippen LogP contribution in [0.2, 0.25) is 0 Å². The number of benzene rings is 2. The maximum Gasteiger partial charge on any atom is 0.337 e. The average molecular weight is 435 g/mol. The lowest BCUT2D eigenvalue weighted by molar-refractivity contribution is -0.117. The van der Waals surface area contributed by atoms with Crippen LogP contribution < -0.4 is 21.3 Å². The Morgan fingerprint density at radius 3 is 2.34 bits per heavy atom. The third-order valence-electron chi connectivity index (χ3n) is 5.13. The van der Waals surface area contributed by atoms with Crippen LogP contribution in [-0.4, -0.2) is 39.9 Å². The minimum Gasteiger partial charge on any atom is -0.465 e. The fourth-order valence-corrected chi connectivity index (χ4v) is 3.45. The third kappa shape index (κ3) is 4.02. The highest BCUT2D eigenvalue weighted by molar-refractivity contribution is 5.92. The number of methoxy groups -OCH3 is 1. The Labute approximate surface area is 182 Å². The molecule has 1 amide bonds. The van der Waals surface area contributed by atoms with Crippen LogP contribution in [0, 0.1) is 6.92 Å². The van der Waals surface area contributed by atoms with E-state index in [1.54, 1.807) is 0 Å². The molecule has 1 aromatic heterocycles. The van der Waals surface area contributed by atoms with E-state index >= 15 is 0 Å². The maximum absolute atomic E-state index is 12.6. The molecule has 0 bridgehead atoms. The number of aryl methyl sites for hydroxylation is 1. The fourth-order valence-electron chi connectivity index (χ4n) is 3.45. The molecule has 1 aliphatic heterocycles. The second kappa shape index (κ2) is 8.50. The number of amides is 1. The quantitative estimate of drug-likeness (QED) is 0.474. The first-order valence-corrected chi connectivity index (χ1v) is 9.92. The first-order chi connectivity index (χ1) is 15.4. The molecule has 0 saturated heterocycles. The van der Waals surface area contributed by atoms with E-state index in [1.165, 1.54) is 35.9 Å². The summed E-state index contributed by atoms with van der Waals surface area (Å²) in [6.45, 7) is 2.38. The molecule has 3 aromatic rings. The number of anilines is 3. The number of aromatic nitrogens is 3. The van der Waals surface area contributed by atoms with Crippen LogP contribution >= 0.6 is 0 Å². The molecular formula is C22H21N5O5. The van der Waals surface area contributed by atoms with Gasteiger partial charge in [0, 0.05) is 24.5 Å². The van der Waals surface area contributed by atoms with Gasteiger partial charge in [0.1, 0.15) is 6.54 Å². The molecule has 4 rings (SSSR count). The Balaban J connectivity index is 1.56. The molecule has 0 unspecified atom stereocenters. The zero-order chi connectivity index (χ0) is 22.8. The summed E-state index contributed by atoms with van der Waals surface area (Å²) in [7, 11) is 1.28. The molecular weight excluding hydrogens is 414 g/mol. The zero-order valence-corrected chi connectivity index (χ0v) is 17.6. The van der Waals surface area contributed by atoms with Gasteiger partial charge in [-0.05, 0) is 43.3 Å². The Bertz CT molecular complexity index is 1290. The monoisotopic (exact) mass is 435 g/mol. The number of carbonyl (C=O) groups excluding carboxylic acids is 2. The average Bonchev–Trinajstić information content (AvgIpc) is 3.21. The lowest BCUT2D eigenvalue weighted by Crippen LogP contribution is -2.44. The number of hydrogen-bond acceptors (Lipinski definition) is 7. The Hall–Kier alpha value is -4.21. The largest absolute Gasteiger partial charge is 0.465 e. The van der Waals surface area contributed by atoms with Gasteiger partial charge in [0.15, 0.2) is 0 Å². The van der Waals surface area contributed by atoms with Gasteiger partial charge in [0.05, 0.1) is 12.7 Å². The molecule has 164 valence electrons. The second-order valence-electron chi connectivity index (χ2n) is 7.32. The Morgan fingerprint density at radius 2 is 1.69 bits per heavy atom. The van der Waals surface area contributed by atoms with Crippen molar-refractivity contribution in [3.05, 3.63) is 80.4 Å². The highest BCUT2D eigenvalue weighted by Gasteiger charge is 2.26. The molecule has 1 aliphatic rings. The normalized spacial score (nSPS) is 12.4. The minimum atomic E-state index is -0.865. The summed E-state index contributed by atoms with van der Waals surface area (Å²) in [5.41, 5.74) is 1.12. The predicted molar refractivity (Wildman–Crippen MR) is 117 cm³/mol. The molecule has 10 heteroatoms. The molecule has 0 atom stereocenters. The molecule has 0 radical (unpaired) electrons. The number of nitrogens with one attached hydrogen (secondary N) is 1. The van der Waals surface area contributed by atoms with Gasteiger partial charge >= 0.3 is 17.1 Å². The summed E-state index contributed by atoms with van der Waals surface area (Å²) in [5.74, 6) is -0.710. The molecule has 0 aliphatic carbocycles. The van der Waals surface area contributed by atoms with E-state index < -0.39 is 29.5 Å². The Kier molecular flexibility index (Phi) is 5.59. The molecule has 2 heterocycles. The number of nitrogens with zero attached hydrogens (tertiary/aromatic N) is 4. The summed E-state index contributed by atoms with van der Waals surface area (Å²) in [4.78, 5) is 50.9. The first kappa shape index (κ1) is 21.0. The van der Waals surface area contributed by atoms with E-state index in [0.29, 0.717) is 30.3 Å². The highest BCUT2D eigenvalue weighted by Crippen LogP contribution is 2.26. The summed E-state index contributed by atoms with van der Waals surface area (Å²) in [6, 6.07) is 13.8. The van der Waals surface area contributed by atoms with Crippen molar-refractivity contribution in [2.24, 2.45) is 0 Å². The van der Waals surface area contributed by atoms with E-state index in [1.807, 2.05) is 36.1 Å². The van der Waals surface area contributed by atoms with Crippen LogP contribution in [0.5, 0.6) is 0 Å². The van der Waals surface area contributed by atoms with Gasteiger partial charge < -0.3 is 15.0 Å². The van der Waals surface area contributed by atoms with Crippen molar-refractivity contribution < 1.29 is 14.3 Å². The van der Waals surface area contributed by atoms with Gasteiger partial charge in [-0.15, -0.1) is 5.10 Å². The third-order valence-corrected chi connectivity index (χ3v) is 5.13. The number of carbonyl (C=O) groups is 2. The van der Waals surface area contributed by atoms with Crippen molar-refractivity contribution in [3.8, 4) is 0 Å². The second-order valence-corrected chi connectivity index (χ2v) is 7.32. The zero-order valence-electron chi connectivity index (χ0n) is 17.6. The number of rotatable bonds is 5. The van der Waals surface area contributed by atoms with Gasteiger partial charge in [-0.1, -0.05) is 17.7 Å². The minimum absolute atomic E-state index is 0.314. The number of hydrogen-bond donors (Lipinski definition) is 1. The van der Waals surface area contributed by atoms with Crippen molar-refractivity contribution in [3.63, 3.8) is 0 Å². The van der Waals surface area contributed by atoms with Gasteiger partial charge in [-0.25, -0.2) is 9.48 Å². The lowest BCUT2D eigenvalue weighted by atomic mass is 10.2. The van der Waals surface area contributed by atoms with Crippen molar-refractivity contribution in [1.29, 1.82) is 0 Å². The number of fused-ring (bicyclic) bond motifs is 1. The topological polar surface area (TPSA) is 116 Å². The standard InChI is InChI=1S/C22H21N5O5/c1-14-3-9-17(10-4-14)25-11-12-26-19(29)20(30)27(24-22(25)26)13-18(28)23-16-7-5-15(6-8-16)21(31)32-2/h3-10H,11-13H2,1-2H3,(H,23,28). The molecule has 0 spiro atoms. The van der Waals surface area contributed by atoms with Crippen molar-refractivity contribution in [1.82, 2.24) is 14.3 Å². The van der Waals surface area contributed by atoms with Crippen LogP contribution in [0.3, 0.4) is 0 Å². The lowest BCUT2D eigenvalue weighted by Gasteiger charge is -2.18. The summed E-state index contributed by atoms with van der Waals surface area (Å²) < 4.78 is 6.83. The van der Waals surface area contributed by atoms with Crippen LogP contribution in [0.25, 0.3) is 0 Å². The van der Waals surface area contributed by atoms with E-state index in [-0.39, 0.29) is 0 Å². The van der Waals surface area contributed by atoms with E-state index in [0.717, 1.165) is 15.9 Å². The Morgan fingerprint density at radius 1 is 1.00 bits per heavy atom. The summed E-state index contributed by atoms with van der Waals surface area (Å²) in [5, 5.41) is 6.92. The molecule has 0 saturated carbocycles. The SMILES string of the molecule is COC(=O)c1ccc(NC(=O)Cn2nc3n(c(=O)c2=O)CCN3c2ccc(C)cc2)cc1. The predicted octanol–water partition coefficient (Wildman–Crippen LogP) is 1.29. The first-order valence-electron chi connectivity index (χ1n) is 9.92. The molecule has 2 aromatic carbocycles. The van der Waals surface area contributed by atoms with Crippen molar-refractivity contribution >= 4 is 29.2 Å². The van der Waals surface area contributed by atoms with E-state index in [2.05, 4.69) is 15.2 Å². The molecule has 10 nitrogen and oxygen atoms in total. The van der Waals surface area contributed by atoms with E-state index in [4.69, 9.17) is 0 Å². The van der Waals surface area contributed by atoms with Crippen LogP contribution in [0.1, 0.15) is 15.9 Å². The van der Waals surface area contributed by atoms with Gasteiger partial charge in [-0.2, -0.15) is 0 Å². The van der Waals surface area contributed by atoms with E-state index in [9.17, 15) is 19.2 Å². The van der Waals surface area contributed by atoms with Crippen LogP contribution in [0.15, 0.2) is 58.1 Å². The molecule has 1 N–H and O–H groups in total.